The standard InChI is InChI=1S/C14H17ClN4O2/c1-14(2)7-16-4-3-10(14)19-11-9(5-8(15)6-17-11)18-12(20)13(19)21/h5-6,10,16H,3-4,7H2,1-2H3,(H,18,20). The van der Waals surface area contributed by atoms with Crippen LogP contribution in [0, 0.1) is 5.41 Å². The zero-order valence-corrected chi connectivity index (χ0v) is 12.7. The molecule has 1 aliphatic heterocycles. The van der Waals surface area contributed by atoms with Crippen molar-refractivity contribution in [2.45, 2.75) is 26.3 Å². The summed E-state index contributed by atoms with van der Waals surface area (Å²) in [5.74, 6) is 0. The third kappa shape index (κ3) is 2.38. The Labute approximate surface area is 126 Å². The summed E-state index contributed by atoms with van der Waals surface area (Å²) in [6.45, 7) is 5.76. The zero-order valence-electron chi connectivity index (χ0n) is 11.9. The van der Waals surface area contributed by atoms with Crippen LogP contribution in [0.3, 0.4) is 0 Å². The molecule has 0 spiro atoms. The van der Waals surface area contributed by atoms with Crippen LogP contribution in [0.4, 0.5) is 0 Å². The average Bonchev–Trinajstić information content (AvgIpc) is 2.41. The van der Waals surface area contributed by atoms with Gasteiger partial charge in [0.25, 0.3) is 0 Å². The number of pyridine rings is 1. The minimum atomic E-state index is -0.638. The molecular weight excluding hydrogens is 292 g/mol. The van der Waals surface area contributed by atoms with E-state index < -0.39 is 11.1 Å². The van der Waals surface area contributed by atoms with Crippen molar-refractivity contribution in [1.82, 2.24) is 19.9 Å². The monoisotopic (exact) mass is 308 g/mol. The molecule has 1 saturated heterocycles. The molecule has 1 atom stereocenters. The maximum absolute atomic E-state index is 12.4. The molecule has 112 valence electrons. The molecule has 0 aliphatic carbocycles. The summed E-state index contributed by atoms with van der Waals surface area (Å²) in [6.07, 6.45) is 2.27. The second-order valence-electron chi connectivity index (χ2n) is 6.12. The van der Waals surface area contributed by atoms with Crippen LogP contribution >= 0.6 is 11.6 Å². The summed E-state index contributed by atoms with van der Waals surface area (Å²) in [6, 6.07) is 1.54. The van der Waals surface area contributed by atoms with Gasteiger partial charge in [0.1, 0.15) is 0 Å². The molecule has 0 aromatic carbocycles. The van der Waals surface area contributed by atoms with E-state index in [9.17, 15) is 9.59 Å². The number of hydrogen-bond donors (Lipinski definition) is 2. The van der Waals surface area contributed by atoms with Crippen molar-refractivity contribution in [1.29, 1.82) is 0 Å². The predicted octanol–water partition coefficient (Wildman–Crippen LogP) is 1.30. The lowest BCUT2D eigenvalue weighted by atomic mass is 9.79. The first-order valence-corrected chi connectivity index (χ1v) is 7.29. The molecule has 6 nitrogen and oxygen atoms in total. The number of halogens is 1. The molecule has 1 fully saturated rings. The van der Waals surface area contributed by atoms with Crippen molar-refractivity contribution in [3.63, 3.8) is 0 Å². The number of aromatic nitrogens is 3. The highest BCUT2D eigenvalue weighted by molar-refractivity contribution is 6.30. The molecule has 3 heterocycles. The Bertz CT molecular complexity index is 809. The van der Waals surface area contributed by atoms with Gasteiger partial charge in [-0.3, -0.25) is 14.2 Å². The SMILES string of the molecule is CC1(C)CNCCC1n1c(=O)c(=O)[nH]c2cc(Cl)cnc21. The summed E-state index contributed by atoms with van der Waals surface area (Å²) in [7, 11) is 0. The van der Waals surface area contributed by atoms with Crippen LogP contribution < -0.4 is 16.4 Å². The summed E-state index contributed by atoms with van der Waals surface area (Å²) in [4.78, 5) is 31.1. The number of H-pyrrole nitrogens is 1. The lowest BCUT2D eigenvalue weighted by Crippen LogP contribution is -2.49. The van der Waals surface area contributed by atoms with Crippen molar-refractivity contribution in [2.75, 3.05) is 13.1 Å². The Hall–Kier alpha value is -1.66. The lowest BCUT2D eigenvalue weighted by Gasteiger charge is -2.40. The fraction of sp³-hybridized carbons (Fsp3) is 0.500. The molecule has 0 radical (unpaired) electrons. The molecule has 3 rings (SSSR count). The molecule has 2 aromatic rings. The zero-order chi connectivity index (χ0) is 15.2. The molecular formula is C14H17ClN4O2. The molecule has 2 N–H and O–H groups in total. The summed E-state index contributed by atoms with van der Waals surface area (Å²) >= 11 is 5.92. The quantitative estimate of drug-likeness (QED) is 0.778. The minimum Gasteiger partial charge on any atom is -0.316 e. The highest BCUT2D eigenvalue weighted by Crippen LogP contribution is 2.35. The van der Waals surface area contributed by atoms with Gasteiger partial charge in [0, 0.05) is 18.8 Å². The number of aromatic amines is 1. The topological polar surface area (TPSA) is 79.8 Å². The van der Waals surface area contributed by atoms with Crippen LogP contribution in [0.5, 0.6) is 0 Å². The Kier molecular flexibility index (Phi) is 3.37. The first-order valence-electron chi connectivity index (χ1n) is 6.91. The fourth-order valence-corrected chi connectivity index (χ4v) is 3.18. The Morgan fingerprint density at radius 1 is 1.43 bits per heavy atom. The predicted molar refractivity (Wildman–Crippen MR) is 81.9 cm³/mol. The summed E-state index contributed by atoms with van der Waals surface area (Å²) < 4.78 is 1.53. The van der Waals surface area contributed by atoms with Crippen molar-refractivity contribution < 1.29 is 0 Å². The number of piperidine rings is 1. The Morgan fingerprint density at radius 3 is 2.90 bits per heavy atom. The minimum absolute atomic E-state index is 0.0790. The molecule has 21 heavy (non-hydrogen) atoms. The molecule has 2 aromatic heterocycles. The number of rotatable bonds is 1. The molecule has 0 bridgehead atoms. The molecule has 0 amide bonds. The summed E-state index contributed by atoms with van der Waals surface area (Å²) in [5.41, 5.74) is -0.381. The number of hydrogen-bond acceptors (Lipinski definition) is 4. The van der Waals surface area contributed by atoms with Crippen molar-refractivity contribution in [3.05, 3.63) is 38.0 Å². The number of fused-ring (bicyclic) bond motifs is 1. The van der Waals surface area contributed by atoms with Crippen LogP contribution in [0.2, 0.25) is 5.02 Å². The van der Waals surface area contributed by atoms with Gasteiger partial charge in [0.05, 0.1) is 10.5 Å². The fourth-order valence-electron chi connectivity index (χ4n) is 3.02. The van der Waals surface area contributed by atoms with Gasteiger partial charge >= 0.3 is 11.1 Å². The van der Waals surface area contributed by atoms with E-state index in [0.717, 1.165) is 19.5 Å². The van der Waals surface area contributed by atoms with Gasteiger partial charge in [-0.1, -0.05) is 25.4 Å². The van der Waals surface area contributed by atoms with Crippen LogP contribution in [-0.4, -0.2) is 27.6 Å². The van der Waals surface area contributed by atoms with Crippen LogP contribution in [0.1, 0.15) is 26.3 Å². The third-order valence-corrected chi connectivity index (χ3v) is 4.32. The largest absolute Gasteiger partial charge is 0.318 e. The molecule has 1 unspecified atom stereocenters. The van der Waals surface area contributed by atoms with Crippen molar-refractivity contribution >= 4 is 22.8 Å². The van der Waals surface area contributed by atoms with Crippen LogP contribution in [-0.2, 0) is 0 Å². The van der Waals surface area contributed by atoms with E-state index in [1.54, 1.807) is 6.07 Å². The highest BCUT2D eigenvalue weighted by atomic mass is 35.5. The van der Waals surface area contributed by atoms with E-state index in [0.29, 0.717) is 16.2 Å². The maximum Gasteiger partial charge on any atom is 0.318 e. The third-order valence-electron chi connectivity index (χ3n) is 4.11. The van der Waals surface area contributed by atoms with E-state index in [1.807, 2.05) is 0 Å². The molecule has 1 aliphatic rings. The summed E-state index contributed by atoms with van der Waals surface area (Å²) in [5, 5.41) is 3.75. The second-order valence-corrected chi connectivity index (χ2v) is 6.56. The van der Waals surface area contributed by atoms with E-state index in [2.05, 4.69) is 29.1 Å². The van der Waals surface area contributed by atoms with Crippen LogP contribution in [0.25, 0.3) is 11.2 Å². The molecule has 0 saturated carbocycles. The molecule has 7 heteroatoms. The lowest BCUT2D eigenvalue weighted by molar-refractivity contribution is 0.161. The first kappa shape index (κ1) is 14.3. The first-order chi connectivity index (χ1) is 9.90. The van der Waals surface area contributed by atoms with Gasteiger partial charge in [0.15, 0.2) is 5.65 Å². The highest BCUT2D eigenvalue weighted by Gasteiger charge is 2.35. The van der Waals surface area contributed by atoms with Gasteiger partial charge in [0.2, 0.25) is 0 Å². The van der Waals surface area contributed by atoms with E-state index in [4.69, 9.17) is 11.6 Å². The van der Waals surface area contributed by atoms with Gasteiger partial charge in [-0.25, -0.2) is 4.98 Å². The van der Waals surface area contributed by atoms with E-state index in [1.165, 1.54) is 10.8 Å². The smallest absolute Gasteiger partial charge is 0.316 e. The maximum atomic E-state index is 12.4. The van der Waals surface area contributed by atoms with E-state index >= 15 is 0 Å². The van der Waals surface area contributed by atoms with Crippen molar-refractivity contribution in [2.24, 2.45) is 5.41 Å². The van der Waals surface area contributed by atoms with Crippen molar-refractivity contribution in [3.8, 4) is 0 Å². The van der Waals surface area contributed by atoms with Gasteiger partial charge < -0.3 is 10.3 Å². The number of nitrogens with one attached hydrogen (secondary N) is 2. The van der Waals surface area contributed by atoms with E-state index in [-0.39, 0.29) is 11.5 Å². The second kappa shape index (κ2) is 4.96. The normalized spacial score (nSPS) is 21.6. The van der Waals surface area contributed by atoms with Gasteiger partial charge in [-0.05, 0) is 24.4 Å². The Balaban J connectivity index is 2.33. The number of nitrogens with zero attached hydrogens (tertiary/aromatic N) is 2. The van der Waals surface area contributed by atoms with Gasteiger partial charge in [-0.2, -0.15) is 0 Å². The average molecular weight is 309 g/mol. The van der Waals surface area contributed by atoms with Gasteiger partial charge in [-0.15, -0.1) is 0 Å². The Morgan fingerprint density at radius 2 is 2.19 bits per heavy atom. The van der Waals surface area contributed by atoms with Crippen LogP contribution in [0.15, 0.2) is 21.9 Å².